The molecular formula is C9H4F12O2. The number of carbonyl (C=O) groups is 1. The minimum atomic E-state index is -6.31. The predicted molar refractivity (Wildman–Crippen MR) is 46.7 cm³/mol. The molecule has 0 atom stereocenters. The van der Waals surface area contributed by atoms with E-state index in [4.69, 9.17) is 0 Å². The maximum absolute atomic E-state index is 12.2. The van der Waals surface area contributed by atoms with Crippen molar-refractivity contribution >= 4 is 5.97 Å². The zero-order chi connectivity index (χ0) is 19.0. The van der Waals surface area contributed by atoms with Crippen LogP contribution in [-0.4, -0.2) is 36.8 Å². The van der Waals surface area contributed by atoms with Crippen molar-refractivity contribution in [3.05, 3.63) is 12.2 Å². The van der Waals surface area contributed by atoms with E-state index >= 15 is 0 Å². The molecule has 0 aromatic rings. The Labute approximate surface area is 118 Å². The van der Waals surface area contributed by atoms with Crippen LogP contribution in [-0.2, 0) is 9.53 Å². The van der Waals surface area contributed by atoms with Gasteiger partial charge in [-0.1, -0.05) is 6.58 Å². The minimum Gasteiger partial charge on any atom is -0.439 e. The van der Waals surface area contributed by atoms with Gasteiger partial charge >= 0.3 is 30.7 Å². The van der Waals surface area contributed by atoms with E-state index in [0.717, 1.165) is 0 Å². The molecule has 0 fully saturated rings. The highest BCUT2D eigenvalue weighted by atomic mass is 19.4. The molecule has 0 spiro atoms. The van der Waals surface area contributed by atoms with Crippen LogP contribution in [0.1, 0.15) is 0 Å². The molecule has 0 saturated carbocycles. The monoisotopic (exact) mass is 372 g/mol. The third-order valence-corrected chi connectivity index (χ3v) is 2.08. The standard InChI is InChI=1S/C9H4F12O2/c1-2(3(6(10,11)12)7(13,14)15)4(22)23-5(8(16,17)18)9(19,20)21/h3,5H,1H2. The fourth-order valence-electron chi connectivity index (χ4n) is 1.20. The molecule has 23 heavy (non-hydrogen) atoms. The van der Waals surface area contributed by atoms with Crippen molar-refractivity contribution in [2.45, 2.75) is 30.8 Å². The molecule has 136 valence electrons. The van der Waals surface area contributed by atoms with Crippen molar-refractivity contribution in [3.8, 4) is 0 Å². The summed E-state index contributed by atoms with van der Waals surface area (Å²) >= 11 is 0. The van der Waals surface area contributed by atoms with E-state index < -0.39 is 48.3 Å². The van der Waals surface area contributed by atoms with E-state index in [1.165, 1.54) is 0 Å². The molecule has 0 aromatic carbocycles. The molecule has 2 nitrogen and oxygen atoms in total. The molecule has 0 heterocycles. The van der Waals surface area contributed by atoms with Crippen LogP contribution in [0.15, 0.2) is 12.2 Å². The number of hydrogen-bond donors (Lipinski definition) is 0. The van der Waals surface area contributed by atoms with Crippen LogP contribution >= 0.6 is 0 Å². The van der Waals surface area contributed by atoms with Crippen molar-refractivity contribution in [2.75, 3.05) is 0 Å². The third-order valence-electron chi connectivity index (χ3n) is 2.08. The minimum absolute atomic E-state index is 1.96. The highest BCUT2D eigenvalue weighted by Crippen LogP contribution is 2.44. The van der Waals surface area contributed by atoms with Gasteiger partial charge in [-0.15, -0.1) is 0 Å². The summed E-state index contributed by atoms with van der Waals surface area (Å²) in [6.45, 7) is 1.96. The topological polar surface area (TPSA) is 26.3 Å². The molecule has 0 N–H and O–H groups in total. The maximum atomic E-state index is 12.2. The van der Waals surface area contributed by atoms with Gasteiger partial charge in [-0.25, -0.2) is 4.79 Å². The second-order valence-corrected chi connectivity index (χ2v) is 3.91. The third kappa shape index (κ3) is 5.82. The van der Waals surface area contributed by atoms with E-state index in [1.807, 2.05) is 6.58 Å². The van der Waals surface area contributed by atoms with Crippen molar-refractivity contribution in [2.24, 2.45) is 5.92 Å². The van der Waals surface area contributed by atoms with E-state index in [2.05, 4.69) is 4.74 Å². The lowest BCUT2D eigenvalue weighted by Crippen LogP contribution is -2.47. The zero-order valence-electron chi connectivity index (χ0n) is 10.2. The number of esters is 1. The van der Waals surface area contributed by atoms with Gasteiger partial charge in [-0.3, -0.25) is 0 Å². The molecule has 0 unspecified atom stereocenters. The molecule has 0 aliphatic heterocycles. The van der Waals surface area contributed by atoms with Crippen molar-refractivity contribution in [3.63, 3.8) is 0 Å². The number of halogens is 12. The zero-order valence-corrected chi connectivity index (χ0v) is 10.2. The van der Waals surface area contributed by atoms with Gasteiger partial charge in [0.25, 0.3) is 6.10 Å². The highest BCUT2D eigenvalue weighted by molar-refractivity contribution is 5.88. The Balaban J connectivity index is 5.56. The van der Waals surface area contributed by atoms with E-state index in [0.29, 0.717) is 0 Å². The fraction of sp³-hybridized carbons (Fsp3) is 0.667. The second-order valence-electron chi connectivity index (χ2n) is 3.91. The summed E-state index contributed by atoms with van der Waals surface area (Å²) < 4.78 is 148. The van der Waals surface area contributed by atoms with Gasteiger partial charge in [-0.05, 0) is 0 Å². The molecule has 14 heteroatoms. The molecule has 0 aliphatic rings. The smallest absolute Gasteiger partial charge is 0.434 e. The van der Waals surface area contributed by atoms with Gasteiger partial charge in [0.15, 0.2) is 5.92 Å². The summed E-state index contributed by atoms with van der Waals surface area (Å²) in [5.41, 5.74) is -2.66. The lowest BCUT2D eigenvalue weighted by Gasteiger charge is -2.26. The number of carbonyl (C=O) groups excluding carboxylic acids is 1. The Kier molecular flexibility index (Phi) is 5.68. The molecular weight excluding hydrogens is 368 g/mol. The summed E-state index contributed by atoms with van der Waals surface area (Å²) in [7, 11) is 0. The summed E-state index contributed by atoms with van der Waals surface area (Å²) in [6.07, 6.45) is -30.0. The Morgan fingerprint density at radius 3 is 1.22 bits per heavy atom. The molecule has 0 aromatic heterocycles. The number of ether oxygens (including phenoxy) is 1. The van der Waals surface area contributed by atoms with Crippen molar-refractivity contribution in [1.29, 1.82) is 0 Å². The lowest BCUT2D eigenvalue weighted by atomic mass is 9.99. The van der Waals surface area contributed by atoms with Crippen molar-refractivity contribution < 1.29 is 62.2 Å². The number of hydrogen-bond acceptors (Lipinski definition) is 2. The second kappa shape index (κ2) is 6.11. The van der Waals surface area contributed by atoms with Gasteiger partial charge in [-0.2, -0.15) is 52.7 Å². The lowest BCUT2D eigenvalue weighted by molar-refractivity contribution is -0.313. The molecule has 0 radical (unpaired) electrons. The van der Waals surface area contributed by atoms with Crippen LogP contribution in [0.3, 0.4) is 0 Å². The highest BCUT2D eigenvalue weighted by Gasteiger charge is 2.63. The largest absolute Gasteiger partial charge is 0.439 e. The Bertz CT molecular complexity index is 423. The Hall–Kier alpha value is -1.63. The SMILES string of the molecule is C=C(C(=O)OC(C(F)(F)F)C(F)(F)F)C(C(F)(F)F)C(F)(F)F. The van der Waals surface area contributed by atoms with Crippen molar-refractivity contribution in [1.82, 2.24) is 0 Å². The Morgan fingerprint density at radius 1 is 0.696 bits per heavy atom. The molecule has 0 aliphatic carbocycles. The van der Waals surface area contributed by atoms with Crippen LogP contribution in [0.5, 0.6) is 0 Å². The van der Waals surface area contributed by atoms with E-state index in [1.54, 1.807) is 0 Å². The van der Waals surface area contributed by atoms with Crippen LogP contribution in [0.25, 0.3) is 0 Å². The molecule has 0 rings (SSSR count). The van der Waals surface area contributed by atoms with E-state index in [9.17, 15) is 57.5 Å². The molecule has 0 amide bonds. The average Bonchev–Trinajstić information content (AvgIpc) is 2.17. The van der Waals surface area contributed by atoms with Gasteiger partial charge < -0.3 is 4.74 Å². The number of rotatable bonds is 3. The van der Waals surface area contributed by atoms with Crippen LogP contribution in [0.2, 0.25) is 0 Å². The maximum Gasteiger partial charge on any atom is 0.434 e. The normalized spacial score (nSPS) is 14.3. The van der Waals surface area contributed by atoms with Crippen LogP contribution in [0.4, 0.5) is 52.7 Å². The first-order valence-electron chi connectivity index (χ1n) is 4.96. The first-order valence-corrected chi connectivity index (χ1v) is 4.96. The summed E-state index contributed by atoms with van der Waals surface area (Å²) in [4.78, 5) is 10.9. The Morgan fingerprint density at radius 2 is 1.00 bits per heavy atom. The van der Waals surface area contributed by atoms with Gasteiger partial charge in [0, 0.05) is 0 Å². The fourth-order valence-corrected chi connectivity index (χ4v) is 1.20. The average molecular weight is 372 g/mol. The quantitative estimate of drug-likeness (QED) is 0.419. The van der Waals surface area contributed by atoms with Gasteiger partial charge in [0.1, 0.15) is 0 Å². The van der Waals surface area contributed by atoms with Crippen LogP contribution < -0.4 is 0 Å². The first-order chi connectivity index (χ1) is 9.79. The van der Waals surface area contributed by atoms with E-state index in [-0.39, 0.29) is 0 Å². The van der Waals surface area contributed by atoms with Gasteiger partial charge in [0.05, 0.1) is 5.57 Å². The number of alkyl halides is 12. The molecule has 0 saturated heterocycles. The molecule has 0 bridgehead atoms. The predicted octanol–water partition coefficient (Wildman–Crippen LogP) is 4.32. The van der Waals surface area contributed by atoms with Crippen LogP contribution in [0, 0.1) is 5.92 Å². The summed E-state index contributed by atoms with van der Waals surface area (Å²) in [5.74, 6) is -7.81. The summed E-state index contributed by atoms with van der Waals surface area (Å²) in [5, 5.41) is 0. The van der Waals surface area contributed by atoms with Gasteiger partial charge in [0.2, 0.25) is 0 Å². The summed E-state index contributed by atoms with van der Waals surface area (Å²) in [6, 6.07) is 0. The first kappa shape index (κ1) is 21.4.